The molecule has 5 nitrogen and oxygen atoms in total. The number of hydrogen-bond donors (Lipinski definition) is 0. The third kappa shape index (κ3) is 3.47. The first-order valence-corrected chi connectivity index (χ1v) is 8.92. The first-order chi connectivity index (χ1) is 10.5. The van der Waals surface area contributed by atoms with Gasteiger partial charge in [0.15, 0.2) is 0 Å². The van der Waals surface area contributed by atoms with Crippen LogP contribution in [0.3, 0.4) is 0 Å². The fraction of sp³-hybridized carbons (Fsp3) is 0.941. The molecule has 2 aliphatic heterocycles. The highest BCUT2D eigenvalue weighted by Crippen LogP contribution is 2.32. The van der Waals surface area contributed by atoms with Gasteiger partial charge in [-0.25, -0.2) is 0 Å². The van der Waals surface area contributed by atoms with Crippen LogP contribution < -0.4 is 0 Å². The standard InChI is InChI=1S/C17H32N4O/c1-18(2)16-12-14(13-16)17(22)21-10-8-20(9-11-21)15-4-6-19(3)7-5-15/h14-16H,4-13H2,1-3H3. The zero-order valence-electron chi connectivity index (χ0n) is 14.5. The van der Waals surface area contributed by atoms with Crippen LogP contribution in [0.1, 0.15) is 25.7 Å². The highest BCUT2D eigenvalue weighted by Gasteiger charge is 2.38. The summed E-state index contributed by atoms with van der Waals surface area (Å²) in [6.07, 6.45) is 4.69. The number of piperazine rings is 1. The first-order valence-electron chi connectivity index (χ1n) is 8.92. The molecule has 1 aliphatic carbocycles. The van der Waals surface area contributed by atoms with E-state index in [0.717, 1.165) is 45.1 Å². The molecule has 3 fully saturated rings. The van der Waals surface area contributed by atoms with Gasteiger partial charge in [-0.2, -0.15) is 0 Å². The Labute approximate surface area is 135 Å². The van der Waals surface area contributed by atoms with E-state index in [1.165, 1.54) is 25.9 Å². The summed E-state index contributed by atoms with van der Waals surface area (Å²) in [6, 6.07) is 1.37. The summed E-state index contributed by atoms with van der Waals surface area (Å²) in [5, 5.41) is 0. The maximum absolute atomic E-state index is 12.6. The molecule has 0 aromatic heterocycles. The van der Waals surface area contributed by atoms with Crippen LogP contribution in [0.15, 0.2) is 0 Å². The molecular formula is C17H32N4O. The lowest BCUT2D eigenvalue weighted by Gasteiger charge is -2.45. The van der Waals surface area contributed by atoms with E-state index in [1.807, 2.05) is 0 Å². The van der Waals surface area contributed by atoms with Crippen LogP contribution in [0.25, 0.3) is 0 Å². The van der Waals surface area contributed by atoms with Gasteiger partial charge >= 0.3 is 0 Å². The molecular weight excluding hydrogens is 276 g/mol. The van der Waals surface area contributed by atoms with Crippen molar-refractivity contribution in [1.29, 1.82) is 0 Å². The molecule has 2 saturated heterocycles. The van der Waals surface area contributed by atoms with E-state index in [1.54, 1.807) is 0 Å². The summed E-state index contributed by atoms with van der Waals surface area (Å²) in [7, 11) is 6.45. The van der Waals surface area contributed by atoms with E-state index in [0.29, 0.717) is 17.9 Å². The van der Waals surface area contributed by atoms with Crippen molar-refractivity contribution in [2.75, 3.05) is 60.4 Å². The molecule has 0 aromatic carbocycles. The van der Waals surface area contributed by atoms with E-state index in [9.17, 15) is 4.79 Å². The van der Waals surface area contributed by atoms with Crippen molar-refractivity contribution in [3.8, 4) is 0 Å². The van der Waals surface area contributed by atoms with Gasteiger partial charge in [0.2, 0.25) is 5.91 Å². The quantitative estimate of drug-likeness (QED) is 0.762. The second-order valence-corrected chi connectivity index (χ2v) is 7.68. The van der Waals surface area contributed by atoms with Gasteiger partial charge in [0.1, 0.15) is 0 Å². The maximum Gasteiger partial charge on any atom is 0.225 e. The maximum atomic E-state index is 12.6. The van der Waals surface area contributed by atoms with E-state index >= 15 is 0 Å². The lowest BCUT2D eigenvalue weighted by atomic mass is 9.78. The predicted molar refractivity (Wildman–Crippen MR) is 88.9 cm³/mol. The number of carbonyl (C=O) groups is 1. The Hall–Kier alpha value is -0.650. The van der Waals surface area contributed by atoms with E-state index in [4.69, 9.17) is 0 Å². The van der Waals surface area contributed by atoms with Crippen molar-refractivity contribution >= 4 is 5.91 Å². The zero-order chi connectivity index (χ0) is 15.7. The number of carbonyl (C=O) groups excluding carboxylic acids is 1. The Morgan fingerprint density at radius 1 is 0.955 bits per heavy atom. The molecule has 1 saturated carbocycles. The monoisotopic (exact) mass is 308 g/mol. The molecule has 1 amide bonds. The van der Waals surface area contributed by atoms with Gasteiger partial charge in [-0.3, -0.25) is 9.69 Å². The van der Waals surface area contributed by atoms with Crippen LogP contribution in [-0.4, -0.2) is 98.0 Å². The Bertz CT molecular complexity index is 378. The summed E-state index contributed by atoms with van der Waals surface area (Å²) in [4.78, 5) is 22.0. The highest BCUT2D eigenvalue weighted by molar-refractivity contribution is 5.80. The van der Waals surface area contributed by atoms with Crippen LogP contribution in [0, 0.1) is 5.92 Å². The minimum Gasteiger partial charge on any atom is -0.340 e. The van der Waals surface area contributed by atoms with Crippen LogP contribution >= 0.6 is 0 Å². The molecule has 0 spiro atoms. The van der Waals surface area contributed by atoms with Crippen LogP contribution in [0.2, 0.25) is 0 Å². The van der Waals surface area contributed by atoms with Gasteiger partial charge in [-0.05, 0) is 59.9 Å². The minimum atomic E-state index is 0.294. The van der Waals surface area contributed by atoms with E-state index < -0.39 is 0 Å². The molecule has 3 aliphatic rings. The molecule has 0 atom stereocenters. The second-order valence-electron chi connectivity index (χ2n) is 7.68. The third-order valence-corrected chi connectivity index (χ3v) is 6.02. The fourth-order valence-electron chi connectivity index (χ4n) is 4.14. The largest absolute Gasteiger partial charge is 0.340 e. The smallest absolute Gasteiger partial charge is 0.225 e. The predicted octanol–water partition coefficient (Wildman–Crippen LogP) is 0.565. The normalized spacial score (nSPS) is 32.3. The molecule has 5 heteroatoms. The molecule has 2 heterocycles. The van der Waals surface area contributed by atoms with Gasteiger partial charge in [0, 0.05) is 44.2 Å². The lowest BCUT2D eigenvalue weighted by Crippen LogP contribution is -2.56. The lowest BCUT2D eigenvalue weighted by molar-refractivity contribution is -0.142. The molecule has 0 aromatic rings. The van der Waals surface area contributed by atoms with Crippen molar-refractivity contribution < 1.29 is 4.79 Å². The van der Waals surface area contributed by atoms with Crippen molar-refractivity contribution in [3.05, 3.63) is 0 Å². The molecule has 22 heavy (non-hydrogen) atoms. The Balaban J connectivity index is 1.41. The molecule has 0 radical (unpaired) electrons. The zero-order valence-corrected chi connectivity index (χ0v) is 14.5. The summed E-state index contributed by atoms with van der Waals surface area (Å²) in [5.74, 6) is 0.711. The first kappa shape index (κ1) is 16.2. The Morgan fingerprint density at radius 3 is 2.09 bits per heavy atom. The summed E-state index contributed by atoms with van der Waals surface area (Å²) < 4.78 is 0. The molecule has 0 N–H and O–H groups in total. The molecule has 3 rings (SSSR count). The van der Waals surface area contributed by atoms with E-state index in [-0.39, 0.29) is 0 Å². The van der Waals surface area contributed by atoms with E-state index in [2.05, 4.69) is 40.7 Å². The highest BCUT2D eigenvalue weighted by atomic mass is 16.2. The SMILES string of the molecule is CN1CCC(N2CCN(C(=O)C3CC(N(C)C)C3)CC2)CC1. The van der Waals surface area contributed by atoms with Crippen molar-refractivity contribution in [2.24, 2.45) is 5.92 Å². The van der Waals surface area contributed by atoms with Crippen molar-refractivity contribution in [1.82, 2.24) is 19.6 Å². The topological polar surface area (TPSA) is 30.0 Å². The number of likely N-dealkylation sites (tertiary alicyclic amines) is 1. The average molecular weight is 308 g/mol. The third-order valence-electron chi connectivity index (χ3n) is 6.02. The summed E-state index contributed by atoms with van der Waals surface area (Å²) in [5.41, 5.74) is 0. The summed E-state index contributed by atoms with van der Waals surface area (Å²) in [6.45, 7) is 6.46. The molecule has 0 bridgehead atoms. The van der Waals surface area contributed by atoms with Crippen LogP contribution in [0.4, 0.5) is 0 Å². The average Bonchev–Trinajstić information content (AvgIpc) is 2.46. The van der Waals surface area contributed by atoms with Gasteiger partial charge in [0.25, 0.3) is 0 Å². The number of hydrogen-bond acceptors (Lipinski definition) is 4. The second kappa shape index (κ2) is 6.85. The summed E-state index contributed by atoms with van der Waals surface area (Å²) >= 11 is 0. The number of amides is 1. The van der Waals surface area contributed by atoms with Crippen molar-refractivity contribution in [3.63, 3.8) is 0 Å². The molecule has 0 unspecified atom stereocenters. The minimum absolute atomic E-state index is 0.294. The van der Waals surface area contributed by atoms with Gasteiger partial charge in [-0.1, -0.05) is 0 Å². The van der Waals surface area contributed by atoms with Gasteiger partial charge in [0.05, 0.1) is 0 Å². The Morgan fingerprint density at radius 2 is 1.55 bits per heavy atom. The number of nitrogens with zero attached hydrogens (tertiary/aromatic N) is 4. The number of piperidine rings is 1. The van der Waals surface area contributed by atoms with Crippen LogP contribution in [0.5, 0.6) is 0 Å². The van der Waals surface area contributed by atoms with Crippen LogP contribution in [-0.2, 0) is 4.79 Å². The fourth-order valence-corrected chi connectivity index (χ4v) is 4.14. The number of rotatable bonds is 3. The van der Waals surface area contributed by atoms with Gasteiger partial charge < -0.3 is 14.7 Å². The molecule has 126 valence electrons. The van der Waals surface area contributed by atoms with Gasteiger partial charge in [-0.15, -0.1) is 0 Å². The van der Waals surface area contributed by atoms with Crippen molar-refractivity contribution in [2.45, 2.75) is 37.8 Å². The Kier molecular flexibility index (Phi) is 5.05.